The van der Waals surface area contributed by atoms with E-state index in [2.05, 4.69) is 26.5 Å². The smallest absolute Gasteiger partial charge is 0.396 e. The van der Waals surface area contributed by atoms with Crippen molar-refractivity contribution in [2.45, 2.75) is 69.8 Å². The van der Waals surface area contributed by atoms with Gasteiger partial charge in [0.1, 0.15) is 5.82 Å². The Kier molecular flexibility index (Phi) is 10.6. The number of urea groups is 1. The van der Waals surface area contributed by atoms with Crippen LogP contribution in [0.25, 0.3) is 11.0 Å². The summed E-state index contributed by atoms with van der Waals surface area (Å²) in [7, 11) is 1.97. The van der Waals surface area contributed by atoms with Crippen LogP contribution >= 0.6 is 0 Å². The van der Waals surface area contributed by atoms with E-state index in [4.69, 9.17) is 4.98 Å². The number of alkyl halides is 3. The minimum Gasteiger partial charge on any atom is -0.396 e. The average Bonchev–Trinajstić information content (AvgIpc) is 3.52. The van der Waals surface area contributed by atoms with Crippen molar-refractivity contribution in [3.8, 4) is 0 Å². The van der Waals surface area contributed by atoms with Crippen LogP contribution in [0.5, 0.6) is 0 Å². The molecule has 3 heterocycles. The molecule has 0 spiro atoms. The maximum atomic E-state index is 15.2. The summed E-state index contributed by atoms with van der Waals surface area (Å²) in [5.41, 5.74) is 2.33. The van der Waals surface area contributed by atoms with Crippen LogP contribution in [0, 0.1) is 11.7 Å². The Morgan fingerprint density at radius 3 is 2.39 bits per heavy atom. The number of fused-ring (bicyclic) bond motifs is 1. The molecule has 4 aromatic rings. The van der Waals surface area contributed by atoms with Gasteiger partial charge in [-0.1, -0.05) is 12.1 Å². The van der Waals surface area contributed by atoms with Crippen LogP contribution in [0.1, 0.15) is 72.5 Å². The van der Waals surface area contributed by atoms with Crippen molar-refractivity contribution in [1.82, 2.24) is 19.8 Å². The van der Waals surface area contributed by atoms with Crippen LogP contribution in [0.3, 0.4) is 0 Å². The molecule has 0 unspecified atom stereocenters. The number of imide groups is 1. The van der Waals surface area contributed by atoms with Gasteiger partial charge in [-0.3, -0.25) is 30.0 Å². The van der Waals surface area contributed by atoms with Gasteiger partial charge in [0.2, 0.25) is 11.9 Å². The van der Waals surface area contributed by atoms with E-state index in [9.17, 15) is 32.7 Å². The van der Waals surface area contributed by atoms with E-state index in [1.165, 1.54) is 23.1 Å². The molecule has 1 saturated carbocycles. The molecular weight excluding hydrogens is 706 g/mol. The highest BCUT2D eigenvalue weighted by Gasteiger charge is 2.32. The Bertz CT molecular complexity index is 2040. The fraction of sp³-hybridized carbons (Fsp3) is 0.436. The maximum absolute atomic E-state index is 15.2. The second-order valence-electron chi connectivity index (χ2n) is 14.5. The number of nitrogens with one attached hydrogen (secondary N) is 2. The number of hydrogen-bond acceptors (Lipinski definition) is 7. The number of aliphatic hydroxyl groups excluding tert-OH is 1. The third-order valence-corrected chi connectivity index (χ3v) is 11.1. The number of piperidine rings is 1. The fourth-order valence-electron chi connectivity index (χ4n) is 7.94. The standard InChI is InChI=1S/C39H43F4N7O4/c1-47(22-26-7-10-31(20-32(26)40)49-18-15-35(52)45-38(49)54)28-13-16-48(17-14-28)30-11-12-33-34(21-30)50(29-8-5-24(23-51)6-9-29)37(44-33)46-36(53)25-3-2-4-27(19-25)39(41,42)43/h2-4,7,10-12,19-21,24,28-29,51H,5-6,8-9,13-18,22-23H2,1H3,(H,44,46,53)(H,45,52,54). The quantitative estimate of drug-likeness (QED) is 0.163. The van der Waals surface area contributed by atoms with E-state index in [-0.39, 0.29) is 55.0 Å². The lowest BCUT2D eigenvalue weighted by atomic mass is 9.86. The first-order chi connectivity index (χ1) is 25.9. The zero-order valence-corrected chi connectivity index (χ0v) is 29.9. The lowest BCUT2D eigenvalue weighted by Crippen LogP contribution is -2.49. The molecule has 0 radical (unpaired) electrons. The Hall–Kier alpha value is -5.02. The lowest BCUT2D eigenvalue weighted by molar-refractivity contribution is -0.137. The highest BCUT2D eigenvalue weighted by atomic mass is 19.4. The second-order valence-corrected chi connectivity index (χ2v) is 14.5. The first kappa shape index (κ1) is 37.3. The summed E-state index contributed by atoms with van der Waals surface area (Å²) in [5.74, 6) is -0.981. The summed E-state index contributed by atoms with van der Waals surface area (Å²) < 4.78 is 57.4. The molecule has 3 N–H and O–H groups in total. The molecule has 54 heavy (non-hydrogen) atoms. The van der Waals surface area contributed by atoms with Gasteiger partial charge >= 0.3 is 12.2 Å². The van der Waals surface area contributed by atoms with Crippen molar-refractivity contribution in [3.63, 3.8) is 0 Å². The minimum absolute atomic E-state index is 0.0279. The van der Waals surface area contributed by atoms with Gasteiger partial charge < -0.3 is 14.6 Å². The predicted octanol–water partition coefficient (Wildman–Crippen LogP) is 6.72. The average molecular weight is 750 g/mol. The lowest BCUT2D eigenvalue weighted by Gasteiger charge is -2.38. The third-order valence-electron chi connectivity index (χ3n) is 11.1. The van der Waals surface area contributed by atoms with Gasteiger partial charge in [0.15, 0.2) is 0 Å². The summed E-state index contributed by atoms with van der Waals surface area (Å²) in [6.45, 7) is 2.19. The number of aromatic nitrogens is 2. The van der Waals surface area contributed by atoms with E-state index in [1.54, 1.807) is 12.1 Å². The number of nitrogens with zero attached hydrogens (tertiary/aromatic N) is 5. The summed E-state index contributed by atoms with van der Waals surface area (Å²) in [5, 5.41) is 14.8. The zero-order valence-electron chi connectivity index (χ0n) is 29.9. The summed E-state index contributed by atoms with van der Waals surface area (Å²) >= 11 is 0. The number of benzene rings is 3. The molecular formula is C39H43F4N7O4. The first-order valence-electron chi connectivity index (χ1n) is 18.3. The second kappa shape index (κ2) is 15.4. The number of imidazole rings is 1. The largest absolute Gasteiger partial charge is 0.416 e. The first-order valence-corrected chi connectivity index (χ1v) is 18.3. The molecule has 3 aromatic carbocycles. The van der Waals surface area contributed by atoms with Crippen LogP contribution in [0.15, 0.2) is 60.7 Å². The van der Waals surface area contributed by atoms with Crippen molar-refractivity contribution in [1.29, 1.82) is 0 Å². The third kappa shape index (κ3) is 7.92. The van der Waals surface area contributed by atoms with E-state index in [0.29, 0.717) is 23.3 Å². The van der Waals surface area contributed by atoms with Gasteiger partial charge in [-0.2, -0.15) is 13.2 Å². The Morgan fingerprint density at radius 1 is 0.963 bits per heavy atom. The summed E-state index contributed by atoms with van der Waals surface area (Å²) in [6.07, 6.45) is 0.345. The predicted molar refractivity (Wildman–Crippen MR) is 196 cm³/mol. The van der Waals surface area contributed by atoms with Gasteiger partial charge in [0, 0.05) is 73.8 Å². The van der Waals surface area contributed by atoms with E-state index in [1.807, 2.05) is 23.7 Å². The van der Waals surface area contributed by atoms with Crippen molar-refractivity contribution < 1.29 is 37.1 Å². The van der Waals surface area contributed by atoms with Gasteiger partial charge in [0.25, 0.3) is 5.91 Å². The Labute approximate surface area is 309 Å². The SMILES string of the molecule is CN(Cc1ccc(N2CCC(=O)NC2=O)cc1F)C1CCN(c2ccc3nc(NC(=O)c4cccc(C(F)(F)F)c4)n(C4CCC(CO)CC4)c3c2)CC1. The number of carbonyl (C=O) groups excluding carboxylic acids is 3. The Morgan fingerprint density at radius 2 is 1.70 bits per heavy atom. The van der Waals surface area contributed by atoms with Gasteiger partial charge in [-0.05, 0) is 100 Å². The number of aliphatic hydroxyl groups is 1. The van der Waals surface area contributed by atoms with Gasteiger partial charge in [-0.15, -0.1) is 0 Å². The van der Waals surface area contributed by atoms with Gasteiger partial charge in [0.05, 0.1) is 16.6 Å². The molecule has 0 bridgehead atoms. The normalized spacial score (nSPS) is 20.1. The number of rotatable bonds is 9. The monoisotopic (exact) mass is 749 g/mol. The van der Waals surface area contributed by atoms with Crippen LogP contribution in [-0.2, 0) is 17.5 Å². The summed E-state index contributed by atoms with van der Waals surface area (Å²) in [6, 6.07) is 14.6. The molecule has 15 heteroatoms. The molecule has 2 aliphatic heterocycles. The molecule has 1 aromatic heterocycles. The van der Waals surface area contributed by atoms with Crippen molar-refractivity contribution in [2.75, 3.05) is 48.4 Å². The number of amides is 4. The van der Waals surface area contributed by atoms with Crippen LogP contribution in [0.4, 0.5) is 39.7 Å². The highest BCUT2D eigenvalue weighted by Crippen LogP contribution is 2.38. The molecule has 11 nitrogen and oxygen atoms in total. The highest BCUT2D eigenvalue weighted by molar-refractivity contribution is 6.06. The molecule has 2 saturated heterocycles. The van der Waals surface area contributed by atoms with Crippen LogP contribution in [0.2, 0.25) is 0 Å². The molecule has 3 fully saturated rings. The molecule has 7 rings (SSSR count). The van der Waals surface area contributed by atoms with E-state index >= 15 is 4.39 Å². The molecule has 3 aliphatic rings. The maximum Gasteiger partial charge on any atom is 0.416 e. The number of carbonyl (C=O) groups is 3. The van der Waals surface area contributed by atoms with E-state index < -0.39 is 29.5 Å². The minimum atomic E-state index is -4.58. The zero-order chi connectivity index (χ0) is 38.1. The molecule has 1 aliphatic carbocycles. The number of anilines is 3. The number of hydrogen-bond donors (Lipinski definition) is 3. The van der Waals surface area contributed by atoms with Crippen molar-refractivity contribution in [2.24, 2.45) is 5.92 Å². The fourth-order valence-corrected chi connectivity index (χ4v) is 7.94. The van der Waals surface area contributed by atoms with Crippen molar-refractivity contribution >= 4 is 46.2 Å². The van der Waals surface area contributed by atoms with Crippen LogP contribution in [-0.4, -0.2) is 76.7 Å². The molecule has 4 amide bonds. The Balaban J connectivity index is 1.05. The number of halogens is 4. The molecule has 286 valence electrons. The molecule has 0 atom stereocenters. The summed E-state index contributed by atoms with van der Waals surface area (Å²) in [4.78, 5) is 47.6. The van der Waals surface area contributed by atoms with Crippen molar-refractivity contribution in [3.05, 3.63) is 83.2 Å². The van der Waals surface area contributed by atoms with Crippen LogP contribution < -0.4 is 20.4 Å². The van der Waals surface area contributed by atoms with E-state index in [0.717, 1.165) is 75.0 Å². The van der Waals surface area contributed by atoms with Gasteiger partial charge in [-0.25, -0.2) is 14.2 Å². The topological polar surface area (TPSA) is 123 Å².